The number of hydrogen-bond donors (Lipinski definition) is 1. The average Bonchev–Trinajstić information content (AvgIpc) is 2.81. The highest BCUT2D eigenvalue weighted by atomic mass is 19.4. The third-order valence-corrected chi connectivity index (χ3v) is 6.94. The van der Waals surface area contributed by atoms with E-state index >= 15 is 0 Å². The maximum Gasteiger partial charge on any atom is 0.416 e. The van der Waals surface area contributed by atoms with Crippen LogP contribution in [0.4, 0.5) is 30.7 Å². The molecule has 2 amide bonds. The number of aryl methyl sites for hydroxylation is 1. The summed E-state index contributed by atoms with van der Waals surface area (Å²) in [6.07, 6.45) is -10.1. The number of alkyl halides is 6. The van der Waals surface area contributed by atoms with Crippen molar-refractivity contribution in [3.05, 3.63) is 70.0 Å². The second-order valence-electron chi connectivity index (χ2n) is 10.9. The van der Waals surface area contributed by atoms with E-state index in [0.29, 0.717) is 23.3 Å². The van der Waals surface area contributed by atoms with Crippen LogP contribution in [0.15, 0.2) is 36.4 Å². The molecule has 2 aromatic rings. The van der Waals surface area contributed by atoms with Crippen LogP contribution >= 0.6 is 0 Å². The Balaban J connectivity index is 1.92. The number of hydrogen-bond acceptors (Lipinski definition) is 3. The molecule has 2 aromatic carbocycles. The minimum Gasteiger partial charge on any atom is -0.390 e. The molecule has 0 spiro atoms. The SMILES string of the molecule is Cc1cc(F)ccc1C1CN(C(=O)CC(C)(C)O)CCC1C(=O)N(C)Cc1cc(C(F)(F)F)cc(C(F)(F)F)c1. The van der Waals surface area contributed by atoms with Gasteiger partial charge in [-0.1, -0.05) is 6.07 Å². The molecule has 1 aliphatic rings. The van der Waals surface area contributed by atoms with Crippen molar-refractivity contribution in [2.75, 3.05) is 20.1 Å². The predicted octanol–water partition coefficient (Wildman–Crippen LogP) is 5.92. The van der Waals surface area contributed by atoms with Crippen molar-refractivity contribution in [1.82, 2.24) is 9.80 Å². The molecule has 1 fully saturated rings. The maximum absolute atomic E-state index is 13.8. The molecule has 1 saturated heterocycles. The summed E-state index contributed by atoms with van der Waals surface area (Å²) in [5.74, 6) is -2.79. The van der Waals surface area contributed by atoms with Crippen LogP contribution in [0.5, 0.6) is 0 Å². The highest BCUT2D eigenvalue weighted by Crippen LogP contribution is 2.38. The van der Waals surface area contributed by atoms with E-state index in [4.69, 9.17) is 0 Å². The van der Waals surface area contributed by atoms with Crippen molar-refractivity contribution in [3.63, 3.8) is 0 Å². The Hall–Kier alpha value is -3.15. The Labute approximate surface area is 227 Å². The van der Waals surface area contributed by atoms with Gasteiger partial charge in [-0.2, -0.15) is 26.3 Å². The number of nitrogens with zero attached hydrogens (tertiary/aromatic N) is 2. The number of likely N-dealkylation sites (tertiary alicyclic amines) is 1. The molecule has 1 N–H and O–H groups in total. The van der Waals surface area contributed by atoms with Gasteiger partial charge in [-0.15, -0.1) is 0 Å². The summed E-state index contributed by atoms with van der Waals surface area (Å²) in [5, 5.41) is 10.1. The number of piperidine rings is 1. The molecule has 5 nitrogen and oxygen atoms in total. The minimum absolute atomic E-state index is 0.0268. The predicted molar refractivity (Wildman–Crippen MR) is 132 cm³/mol. The third-order valence-electron chi connectivity index (χ3n) is 6.94. The summed E-state index contributed by atoms with van der Waals surface area (Å²) < 4.78 is 93.7. The number of carbonyl (C=O) groups excluding carboxylic acids is 2. The number of benzene rings is 2. The standard InChI is InChI=1S/C28H31F7N2O3/c1-16-9-20(29)5-6-21(16)23-15-37(24(38)13-26(2,3)40)8-7-22(23)25(39)36(4)14-17-10-18(27(30,31)32)12-19(11-17)28(33,34)35/h5-6,9-12,22-23,40H,7-8,13-15H2,1-4H3. The second kappa shape index (κ2) is 11.4. The van der Waals surface area contributed by atoms with Crippen LogP contribution in [-0.4, -0.2) is 52.5 Å². The molecule has 12 heteroatoms. The van der Waals surface area contributed by atoms with E-state index < -0.39 is 59.2 Å². The topological polar surface area (TPSA) is 60.9 Å². The molecule has 0 aliphatic carbocycles. The monoisotopic (exact) mass is 576 g/mol. The first kappa shape index (κ1) is 31.4. The van der Waals surface area contributed by atoms with E-state index in [1.165, 1.54) is 44.0 Å². The molecule has 0 bridgehead atoms. The molecule has 0 aromatic heterocycles. The molecular formula is C28H31F7N2O3. The van der Waals surface area contributed by atoms with Crippen LogP contribution in [0, 0.1) is 18.7 Å². The fourth-order valence-corrected chi connectivity index (χ4v) is 5.07. The zero-order valence-corrected chi connectivity index (χ0v) is 22.5. The lowest BCUT2D eigenvalue weighted by atomic mass is 9.78. The minimum atomic E-state index is -5.02. The molecule has 0 radical (unpaired) electrons. The van der Waals surface area contributed by atoms with Crippen LogP contribution < -0.4 is 0 Å². The zero-order valence-electron chi connectivity index (χ0n) is 22.5. The quantitative estimate of drug-likeness (QED) is 0.435. The van der Waals surface area contributed by atoms with Gasteiger partial charge < -0.3 is 14.9 Å². The van der Waals surface area contributed by atoms with Gasteiger partial charge >= 0.3 is 12.4 Å². The number of amides is 2. The van der Waals surface area contributed by atoms with Crippen molar-refractivity contribution in [2.24, 2.45) is 5.92 Å². The lowest BCUT2D eigenvalue weighted by Crippen LogP contribution is -2.48. The number of rotatable bonds is 6. The van der Waals surface area contributed by atoms with Crippen LogP contribution in [0.2, 0.25) is 0 Å². The first-order valence-electron chi connectivity index (χ1n) is 12.6. The summed E-state index contributed by atoms with van der Waals surface area (Å²) in [5.41, 5.74) is -3.45. The zero-order chi connectivity index (χ0) is 30.2. The van der Waals surface area contributed by atoms with Crippen molar-refractivity contribution in [3.8, 4) is 0 Å². The van der Waals surface area contributed by atoms with E-state index in [0.717, 1.165) is 4.90 Å². The van der Waals surface area contributed by atoms with Crippen LogP contribution in [0.3, 0.4) is 0 Å². The fraction of sp³-hybridized carbons (Fsp3) is 0.500. The van der Waals surface area contributed by atoms with Crippen LogP contribution in [0.1, 0.15) is 60.4 Å². The van der Waals surface area contributed by atoms with E-state index in [1.807, 2.05) is 0 Å². The number of halogens is 7. The van der Waals surface area contributed by atoms with E-state index in [1.54, 1.807) is 6.92 Å². The third kappa shape index (κ3) is 7.74. The molecule has 1 heterocycles. The molecule has 3 rings (SSSR count). The van der Waals surface area contributed by atoms with Gasteiger partial charge in [0.05, 0.1) is 23.1 Å². The van der Waals surface area contributed by atoms with E-state index in [9.17, 15) is 45.4 Å². The molecular weight excluding hydrogens is 545 g/mol. The Morgan fingerprint density at radius 3 is 2.08 bits per heavy atom. The van der Waals surface area contributed by atoms with Crippen LogP contribution in [0.25, 0.3) is 0 Å². The first-order chi connectivity index (χ1) is 18.3. The lowest BCUT2D eigenvalue weighted by Gasteiger charge is -2.40. The number of aliphatic hydroxyl groups is 1. The normalized spacial score (nSPS) is 18.6. The van der Waals surface area contributed by atoms with E-state index in [2.05, 4.69) is 0 Å². The Morgan fingerprint density at radius 1 is 1.00 bits per heavy atom. The van der Waals surface area contributed by atoms with Crippen molar-refractivity contribution >= 4 is 11.8 Å². The van der Waals surface area contributed by atoms with Gasteiger partial charge in [0.15, 0.2) is 0 Å². The molecule has 0 saturated carbocycles. The Bertz CT molecular complexity index is 1220. The summed E-state index contributed by atoms with van der Waals surface area (Å²) in [6.45, 7) is 4.30. The first-order valence-corrected chi connectivity index (χ1v) is 12.6. The highest BCUT2D eigenvalue weighted by molar-refractivity contribution is 5.81. The molecule has 2 unspecified atom stereocenters. The smallest absolute Gasteiger partial charge is 0.390 e. The van der Waals surface area contributed by atoms with Gasteiger partial charge in [0.1, 0.15) is 5.82 Å². The average molecular weight is 577 g/mol. The summed E-state index contributed by atoms with van der Waals surface area (Å²) in [7, 11) is 1.29. The van der Waals surface area contributed by atoms with Crippen LogP contribution in [-0.2, 0) is 28.5 Å². The molecule has 40 heavy (non-hydrogen) atoms. The molecule has 2 atom stereocenters. The highest BCUT2D eigenvalue weighted by Gasteiger charge is 2.40. The summed E-state index contributed by atoms with van der Waals surface area (Å²) in [4.78, 5) is 29.0. The van der Waals surface area contributed by atoms with E-state index in [-0.39, 0.29) is 43.5 Å². The summed E-state index contributed by atoms with van der Waals surface area (Å²) in [6, 6.07) is 5.18. The van der Waals surface area contributed by atoms with Crippen molar-refractivity contribution < 1.29 is 45.4 Å². The lowest BCUT2D eigenvalue weighted by molar-refractivity contribution is -0.144. The van der Waals surface area contributed by atoms with Gasteiger partial charge in [-0.25, -0.2) is 4.39 Å². The molecule has 220 valence electrons. The number of carbonyl (C=O) groups is 2. The van der Waals surface area contributed by atoms with Gasteiger partial charge in [-0.05, 0) is 74.2 Å². The van der Waals surface area contributed by atoms with Gasteiger partial charge in [0, 0.05) is 38.5 Å². The van der Waals surface area contributed by atoms with Gasteiger partial charge in [0.2, 0.25) is 11.8 Å². The fourth-order valence-electron chi connectivity index (χ4n) is 5.07. The Morgan fingerprint density at radius 2 is 1.57 bits per heavy atom. The van der Waals surface area contributed by atoms with Crippen molar-refractivity contribution in [1.29, 1.82) is 0 Å². The largest absolute Gasteiger partial charge is 0.416 e. The van der Waals surface area contributed by atoms with Crippen molar-refractivity contribution in [2.45, 2.75) is 64.0 Å². The Kier molecular flexibility index (Phi) is 8.93. The van der Waals surface area contributed by atoms with Gasteiger partial charge in [0.25, 0.3) is 0 Å². The van der Waals surface area contributed by atoms with Gasteiger partial charge in [-0.3, -0.25) is 9.59 Å². The molecule has 1 aliphatic heterocycles. The second-order valence-corrected chi connectivity index (χ2v) is 10.9. The maximum atomic E-state index is 13.8. The summed E-state index contributed by atoms with van der Waals surface area (Å²) >= 11 is 0.